The van der Waals surface area contributed by atoms with Crippen molar-refractivity contribution in [3.63, 3.8) is 0 Å². The van der Waals surface area contributed by atoms with Gasteiger partial charge in [-0.2, -0.15) is 0 Å². The number of aliphatic hydroxyl groups excluding tert-OH is 1. The SMILES string of the molecule is CC(C)[C@H](C)[C@@H](C)[C@@H](O)CN. The Balaban J connectivity index is 3.90. The van der Waals surface area contributed by atoms with E-state index in [0.29, 0.717) is 24.3 Å². The summed E-state index contributed by atoms with van der Waals surface area (Å²) in [6, 6.07) is 0. The quantitative estimate of drug-likeness (QED) is 0.648. The minimum Gasteiger partial charge on any atom is -0.392 e. The van der Waals surface area contributed by atoms with E-state index in [1.54, 1.807) is 0 Å². The largest absolute Gasteiger partial charge is 0.392 e. The maximum atomic E-state index is 9.42. The first kappa shape index (κ1) is 10.9. The normalized spacial score (nSPS) is 19.9. The second-order valence-electron chi connectivity index (χ2n) is 3.77. The highest BCUT2D eigenvalue weighted by molar-refractivity contribution is 4.72. The van der Waals surface area contributed by atoms with Crippen LogP contribution in [0.3, 0.4) is 0 Å². The molecule has 0 saturated carbocycles. The van der Waals surface area contributed by atoms with E-state index in [-0.39, 0.29) is 6.10 Å². The van der Waals surface area contributed by atoms with E-state index in [1.807, 2.05) is 0 Å². The van der Waals surface area contributed by atoms with Crippen LogP contribution in [0.15, 0.2) is 0 Å². The zero-order valence-electron chi connectivity index (χ0n) is 8.04. The number of aliphatic hydroxyl groups is 1. The standard InChI is InChI=1S/C9H21NO/c1-6(2)7(3)8(4)9(11)5-10/h6-9,11H,5,10H2,1-4H3/t7-,8+,9-/m0/s1. The van der Waals surface area contributed by atoms with E-state index < -0.39 is 0 Å². The van der Waals surface area contributed by atoms with Crippen LogP contribution in [0.2, 0.25) is 0 Å². The van der Waals surface area contributed by atoms with Gasteiger partial charge in [-0.25, -0.2) is 0 Å². The van der Waals surface area contributed by atoms with Crippen molar-refractivity contribution < 1.29 is 5.11 Å². The minimum atomic E-state index is -0.340. The van der Waals surface area contributed by atoms with Gasteiger partial charge in [0, 0.05) is 6.54 Å². The molecule has 3 atom stereocenters. The summed E-state index contributed by atoms with van der Waals surface area (Å²) in [5.41, 5.74) is 5.36. The maximum Gasteiger partial charge on any atom is 0.0690 e. The molecule has 0 amide bonds. The Bertz CT molecular complexity index is 104. The summed E-state index contributed by atoms with van der Waals surface area (Å²) < 4.78 is 0. The first-order valence-electron chi connectivity index (χ1n) is 4.38. The molecule has 0 fully saturated rings. The highest BCUT2D eigenvalue weighted by Gasteiger charge is 2.21. The smallest absolute Gasteiger partial charge is 0.0690 e. The molecule has 0 heterocycles. The van der Waals surface area contributed by atoms with Crippen LogP contribution >= 0.6 is 0 Å². The van der Waals surface area contributed by atoms with Gasteiger partial charge in [0.05, 0.1) is 6.10 Å². The molecule has 0 radical (unpaired) electrons. The van der Waals surface area contributed by atoms with Gasteiger partial charge < -0.3 is 10.8 Å². The molecule has 0 aliphatic heterocycles. The van der Waals surface area contributed by atoms with Crippen LogP contribution in [-0.4, -0.2) is 17.8 Å². The monoisotopic (exact) mass is 159 g/mol. The topological polar surface area (TPSA) is 46.2 Å². The van der Waals surface area contributed by atoms with Gasteiger partial charge in [-0.15, -0.1) is 0 Å². The number of nitrogens with two attached hydrogens (primary N) is 1. The summed E-state index contributed by atoms with van der Waals surface area (Å²) in [7, 11) is 0. The predicted octanol–water partition coefficient (Wildman–Crippen LogP) is 1.23. The molecule has 0 spiro atoms. The van der Waals surface area contributed by atoms with Gasteiger partial charge in [0.25, 0.3) is 0 Å². The van der Waals surface area contributed by atoms with Gasteiger partial charge in [-0.3, -0.25) is 0 Å². The summed E-state index contributed by atoms with van der Waals surface area (Å²) in [6.45, 7) is 8.93. The summed E-state index contributed by atoms with van der Waals surface area (Å²) in [4.78, 5) is 0. The lowest BCUT2D eigenvalue weighted by atomic mass is 9.83. The van der Waals surface area contributed by atoms with Gasteiger partial charge in [0.2, 0.25) is 0 Å². The Morgan fingerprint density at radius 1 is 1.09 bits per heavy atom. The fraction of sp³-hybridized carbons (Fsp3) is 1.00. The molecule has 2 heteroatoms. The second kappa shape index (κ2) is 4.73. The molecule has 0 aromatic carbocycles. The first-order valence-corrected chi connectivity index (χ1v) is 4.38. The number of rotatable bonds is 4. The lowest BCUT2D eigenvalue weighted by Crippen LogP contribution is -2.32. The molecule has 3 N–H and O–H groups in total. The Morgan fingerprint density at radius 3 is 1.82 bits per heavy atom. The van der Waals surface area contributed by atoms with Gasteiger partial charge in [-0.1, -0.05) is 27.7 Å². The van der Waals surface area contributed by atoms with E-state index in [2.05, 4.69) is 27.7 Å². The maximum absolute atomic E-state index is 9.42. The third kappa shape index (κ3) is 3.21. The highest BCUT2D eigenvalue weighted by atomic mass is 16.3. The van der Waals surface area contributed by atoms with E-state index >= 15 is 0 Å². The Morgan fingerprint density at radius 2 is 1.55 bits per heavy atom. The van der Waals surface area contributed by atoms with Crippen molar-refractivity contribution in [2.75, 3.05) is 6.54 Å². The van der Waals surface area contributed by atoms with Gasteiger partial charge in [0.15, 0.2) is 0 Å². The zero-order valence-corrected chi connectivity index (χ0v) is 8.04. The van der Waals surface area contributed by atoms with Crippen LogP contribution in [0, 0.1) is 17.8 Å². The lowest BCUT2D eigenvalue weighted by molar-refractivity contribution is 0.0798. The van der Waals surface area contributed by atoms with E-state index in [1.165, 1.54) is 0 Å². The summed E-state index contributed by atoms with van der Waals surface area (Å²) >= 11 is 0. The van der Waals surface area contributed by atoms with Gasteiger partial charge in [-0.05, 0) is 17.8 Å². The van der Waals surface area contributed by atoms with Crippen molar-refractivity contribution in [3.05, 3.63) is 0 Å². The average molecular weight is 159 g/mol. The summed E-state index contributed by atoms with van der Waals surface area (Å²) in [5.74, 6) is 1.46. The van der Waals surface area contributed by atoms with Crippen LogP contribution < -0.4 is 5.73 Å². The van der Waals surface area contributed by atoms with Crippen molar-refractivity contribution in [2.45, 2.75) is 33.8 Å². The molecule has 11 heavy (non-hydrogen) atoms. The Labute approximate surface area is 69.8 Å². The van der Waals surface area contributed by atoms with Crippen molar-refractivity contribution in [2.24, 2.45) is 23.5 Å². The van der Waals surface area contributed by atoms with Crippen molar-refractivity contribution in [1.29, 1.82) is 0 Å². The molecule has 2 nitrogen and oxygen atoms in total. The molecular weight excluding hydrogens is 138 g/mol. The van der Waals surface area contributed by atoms with Crippen LogP contribution in [0.4, 0.5) is 0 Å². The van der Waals surface area contributed by atoms with Crippen LogP contribution in [-0.2, 0) is 0 Å². The number of hydrogen-bond donors (Lipinski definition) is 2. The van der Waals surface area contributed by atoms with Crippen molar-refractivity contribution >= 4 is 0 Å². The molecule has 68 valence electrons. The van der Waals surface area contributed by atoms with Crippen LogP contribution in [0.5, 0.6) is 0 Å². The third-order valence-corrected chi connectivity index (χ3v) is 2.73. The van der Waals surface area contributed by atoms with Crippen molar-refractivity contribution in [1.82, 2.24) is 0 Å². The summed E-state index contributed by atoms with van der Waals surface area (Å²) in [6.07, 6.45) is -0.340. The van der Waals surface area contributed by atoms with Gasteiger partial charge >= 0.3 is 0 Å². The molecule has 0 rings (SSSR count). The molecule has 0 aromatic heterocycles. The fourth-order valence-corrected chi connectivity index (χ4v) is 1.17. The van der Waals surface area contributed by atoms with Crippen LogP contribution in [0.25, 0.3) is 0 Å². The van der Waals surface area contributed by atoms with E-state index in [4.69, 9.17) is 5.73 Å². The van der Waals surface area contributed by atoms with E-state index in [0.717, 1.165) is 0 Å². The Hall–Kier alpha value is -0.0800. The third-order valence-electron chi connectivity index (χ3n) is 2.73. The predicted molar refractivity (Wildman–Crippen MR) is 48.2 cm³/mol. The molecule has 0 aliphatic carbocycles. The lowest BCUT2D eigenvalue weighted by Gasteiger charge is -2.26. The van der Waals surface area contributed by atoms with E-state index in [9.17, 15) is 5.11 Å². The molecule has 0 unspecified atom stereocenters. The fourth-order valence-electron chi connectivity index (χ4n) is 1.17. The first-order chi connectivity index (χ1) is 5.00. The van der Waals surface area contributed by atoms with Crippen LogP contribution in [0.1, 0.15) is 27.7 Å². The molecule has 0 saturated heterocycles. The zero-order chi connectivity index (χ0) is 9.02. The molecule has 0 aromatic rings. The molecule has 0 aliphatic rings. The van der Waals surface area contributed by atoms with Crippen molar-refractivity contribution in [3.8, 4) is 0 Å². The highest BCUT2D eigenvalue weighted by Crippen LogP contribution is 2.22. The molecular formula is C9H21NO. The average Bonchev–Trinajstić information content (AvgIpc) is 2.00. The Kier molecular flexibility index (Phi) is 4.69. The summed E-state index contributed by atoms with van der Waals surface area (Å²) in [5, 5.41) is 9.42. The minimum absolute atomic E-state index is 0.306. The second-order valence-corrected chi connectivity index (χ2v) is 3.77. The van der Waals surface area contributed by atoms with Gasteiger partial charge in [0.1, 0.15) is 0 Å². The molecule has 0 bridgehead atoms. The number of hydrogen-bond acceptors (Lipinski definition) is 2.